The van der Waals surface area contributed by atoms with Crippen molar-refractivity contribution in [3.63, 3.8) is 0 Å². The Labute approximate surface area is 141 Å². The first-order valence-electron chi connectivity index (χ1n) is 7.44. The molecule has 0 saturated carbocycles. The molecule has 1 saturated heterocycles. The van der Waals surface area contributed by atoms with Gasteiger partial charge in [0.2, 0.25) is 0 Å². The molecule has 1 amide bonds. The van der Waals surface area contributed by atoms with Crippen molar-refractivity contribution >= 4 is 35.0 Å². The van der Waals surface area contributed by atoms with E-state index in [2.05, 4.69) is 5.32 Å². The first-order chi connectivity index (χ1) is 10.2. The van der Waals surface area contributed by atoms with Crippen LogP contribution in [0.1, 0.15) is 33.6 Å². The highest BCUT2D eigenvalue weighted by atomic mass is 35.5. The summed E-state index contributed by atoms with van der Waals surface area (Å²) in [7, 11) is 0. The van der Waals surface area contributed by atoms with Crippen molar-refractivity contribution in [2.75, 3.05) is 18.4 Å². The number of nitrogens with one attached hydrogen (secondary N) is 1. The highest BCUT2D eigenvalue weighted by Gasteiger charge is 2.27. The van der Waals surface area contributed by atoms with Crippen LogP contribution in [-0.4, -0.2) is 35.7 Å². The minimum atomic E-state index is -0.475. The highest BCUT2D eigenvalue weighted by Crippen LogP contribution is 2.27. The van der Waals surface area contributed by atoms with E-state index in [4.69, 9.17) is 27.9 Å². The fraction of sp³-hybridized carbons (Fsp3) is 0.562. The molecule has 1 heterocycles. The van der Waals surface area contributed by atoms with E-state index in [0.29, 0.717) is 16.6 Å². The average molecular weight is 345 g/mol. The van der Waals surface area contributed by atoms with Crippen LogP contribution in [0.25, 0.3) is 0 Å². The molecule has 0 radical (unpaired) electrons. The molecule has 122 valence electrons. The van der Waals surface area contributed by atoms with Gasteiger partial charge in [-0.15, -0.1) is 0 Å². The second kappa shape index (κ2) is 6.97. The third-order valence-electron chi connectivity index (χ3n) is 3.36. The Balaban J connectivity index is 1.97. The first-order valence-corrected chi connectivity index (χ1v) is 8.20. The molecule has 4 nitrogen and oxygen atoms in total. The normalized spacial score (nSPS) is 19.0. The maximum Gasteiger partial charge on any atom is 0.410 e. The number of carbonyl (C=O) groups is 1. The van der Waals surface area contributed by atoms with Crippen molar-refractivity contribution < 1.29 is 9.53 Å². The Morgan fingerprint density at radius 3 is 2.73 bits per heavy atom. The summed E-state index contributed by atoms with van der Waals surface area (Å²) in [5, 5.41) is 4.58. The van der Waals surface area contributed by atoms with Gasteiger partial charge in [0.1, 0.15) is 5.60 Å². The summed E-state index contributed by atoms with van der Waals surface area (Å²) in [5.74, 6) is 0. The zero-order valence-corrected chi connectivity index (χ0v) is 14.7. The predicted molar refractivity (Wildman–Crippen MR) is 90.9 cm³/mol. The molecule has 0 aliphatic carbocycles. The van der Waals surface area contributed by atoms with Gasteiger partial charge in [-0.1, -0.05) is 23.2 Å². The molecule has 0 bridgehead atoms. The monoisotopic (exact) mass is 344 g/mol. The minimum Gasteiger partial charge on any atom is -0.444 e. The summed E-state index contributed by atoms with van der Waals surface area (Å²) >= 11 is 12.1. The summed E-state index contributed by atoms with van der Waals surface area (Å²) in [6, 6.07) is 5.52. The van der Waals surface area contributed by atoms with E-state index in [1.54, 1.807) is 17.0 Å². The van der Waals surface area contributed by atoms with Gasteiger partial charge in [0.05, 0.1) is 10.7 Å². The van der Waals surface area contributed by atoms with Crippen molar-refractivity contribution in [2.24, 2.45) is 0 Å². The van der Waals surface area contributed by atoms with Crippen molar-refractivity contribution in [1.82, 2.24) is 4.90 Å². The SMILES string of the molecule is CC(C)(C)OC(=O)N1CCCC(Nc2ccc(Cl)cc2Cl)C1. The number of halogens is 2. The van der Waals surface area contributed by atoms with Crippen LogP contribution < -0.4 is 5.32 Å². The van der Waals surface area contributed by atoms with Gasteiger partial charge in [-0.05, 0) is 51.8 Å². The molecule has 1 N–H and O–H groups in total. The molecule has 1 fully saturated rings. The average Bonchev–Trinajstić information content (AvgIpc) is 2.40. The Kier molecular flexibility index (Phi) is 5.45. The van der Waals surface area contributed by atoms with Gasteiger partial charge in [0.15, 0.2) is 0 Å². The molecule has 0 spiro atoms. The van der Waals surface area contributed by atoms with E-state index < -0.39 is 5.60 Å². The molecule has 22 heavy (non-hydrogen) atoms. The molecule has 1 atom stereocenters. The van der Waals surface area contributed by atoms with E-state index in [1.165, 1.54) is 0 Å². The van der Waals surface area contributed by atoms with Crippen LogP contribution in [0.15, 0.2) is 18.2 Å². The maximum absolute atomic E-state index is 12.2. The van der Waals surface area contributed by atoms with E-state index in [9.17, 15) is 4.79 Å². The third kappa shape index (κ3) is 4.96. The van der Waals surface area contributed by atoms with Gasteiger partial charge in [0, 0.05) is 24.2 Å². The van der Waals surface area contributed by atoms with E-state index in [1.807, 2.05) is 26.8 Å². The molecule has 1 unspecified atom stereocenters. The number of rotatable bonds is 2. The largest absolute Gasteiger partial charge is 0.444 e. The molecular formula is C16H22Cl2N2O2. The second-order valence-electron chi connectivity index (χ2n) is 6.53. The lowest BCUT2D eigenvalue weighted by Crippen LogP contribution is -2.47. The van der Waals surface area contributed by atoms with Crippen LogP contribution in [-0.2, 0) is 4.74 Å². The third-order valence-corrected chi connectivity index (χ3v) is 3.91. The number of nitrogens with zero attached hydrogens (tertiary/aromatic N) is 1. The van der Waals surface area contributed by atoms with Crippen molar-refractivity contribution in [3.05, 3.63) is 28.2 Å². The molecular weight excluding hydrogens is 323 g/mol. The Morgan fingerprint density at radius 1 is 1.36 bits per heavy atom. The number of hydrogen-bond donors (Lipinski definition) is 1. The number of amides is 1. The van der Waals surface area contributed by atoms with Crippen LogP contribution in [0.5, 0.6) is 0 Å². The molecule has 0 aromatic heterocycles. The number of likely N-dealkylation sites (tertiary alicyclic amines) is 1. The van der Waals surface area contributed by atoms with Crippen LogP contribution >= 0.6 is 23.2 Å². The molecule has 6 heteroatoms. The molecule has 2 rings (SSSR count). The fourth-order valence-corrected chi connectivity index (χ4v) is 2.88. The number of ether oxygens (including phenoxy) is 1. The lowest BCUT2D eigenvalue weighted by Gasteiger charge is -2.35. The molecule has 1 aromatic carbocycles. The Bertz CT molecular complexity index is 543. The zero-order valence-electron chi connectivity index (χ0n) is 13.2. The minimum absolute atomic E-state index is 0.153. The van der Waals surface area contributed by atoms with Crippen molar-refractivity contribution in [1.29, 1.82) is 0 Å². The number of anilines is 1. The standard InChI is InChI=1S/C16H22Cl2N2O2/c1-16(2,3)22-15(21)20-8-4-5-12(10-20)19-14-7-6-11(17)9-13(14)18/h6-7,9,12,19H,4-5,8,10H2,1-3H3. The predicted octanol–water partition coefficient (Wildman–Crippen LogP) is 4.80. The summed E-state index contributed by atoms with van der Waals surface area (Å²) in [6.45, 7) is 6.95. The van der Waals surface area contributed by atoms with Crippen LogP contribution in [0.3, 0.4) is 0 Å². The summed E-state index contributed by atoms with van der Waals surface area (Å²) in [4.78, 5) is 13.9. The van der Waals surface area contributed by atoms with Crippen LogP contribution in [0, 0.1) is 0 Å². The summed E-state index contributed by atoms with van der Waals surface area (Å²) < 4.78 is 5.43. The van der Waals surface area contributed by atoms with E-state index in [-0.39, 0.29) is 12.1 Å². The number of benzene rings is 1. The number of piperidine rings is 1. The van der Waals surface area contributed by atoms with E-state index in [0.717, 1.165) is 25.1 Å². The lowest BCUT2D eigenvalue weighted by atomic mass is 10.1. The highest BCUT2D eigenvalue weighted by molar-refractivity contribution is 6.36. The topological polar surface area (TPSA) is 41.6 Å². The smallest absolute Gasteiger partial charge is 0.410 e. The fourth-order valence-electron chi connectivity index (χ4n) is 2.41. The number of carbonyl (C=O) groups excluding carboxylic acids is 1. The zero-order chi connectivity index (χ0) is 16.3. The lowest BCUT2D eigenvalue weighted by molar-refractivity contribution is 0.0206. The summed E-state index contributed by atoms with van der Waals surface area (Å²) in [6.07, 6.45) is 1.65. The van der Waals surface area contributed by atoms with Gasteiger partial charge in [-0.3, -0.25) is 0 Å². The van der Waals surface area contributed by atoms with Gasteiger partial charge in [0.25, 0.3) is 0 Å². The first kappa shape index (κ1) is 17.2. The van der Waals surface area contributed by atoms with Gasteiger partial charge < -0.3 is 15.0 Å². The quantitative estimate of drug-likeness (QED) is 0.837. The maximum atomic E-state index is 12.2. The second-order valence-corrected chi connectivity index (χ2v) is 7.38. The Hall–Kier alpha value is -1.13. The van der Waals surface area contributed by atoms with Gasteiger partial charge in [-0.25, -0.2) is 4.79 Å². The van der Waals surface area contributed by atoms with Crippen LogP contribution in [0.2, 0.25) is 10.0 Å². The molecule has 1 aliphatic heterocycles. The Morgan fingerprint density at radius 2 is 2.09 bits per heavy atom. The summed E-state index contributed by atoms with van der Waals surface area (Å²) in [5.41, 5.74) is 0.360. The van der Waals surface area contributed by atoms with Gasteiger partial charge in [-0.2, -0.15) is 0 Å². The van der Waals surface area contributed by atoms with Crippen molar-refractivity contribution in [2.45, 2.75) is 45.3 Å². The van der Waals surface area contributed by atoms with Crippen LogP contribution in [0.4, 0.5) is 10.5 Å². The number of hydrogen-bond acceptors (Lipinski definition) is 3. The molecule has 1 aromatic rings. The van der Waals surface area contributed by atoms with E-state index >= 15 is 0 Å². The van der Waals surface area contributed by atoms with Gasteiger partial charge >= 0.3 is 6.09 Å². The van der Waals surface area contributed by atoms with Crippen molar-refractivity contribution in [3.8, 4) is 0 Å². The molecule has 1 aliphatic rings.